The summed E-state index contributed by atoms with van der Waals surface area (Å²) in [6.07, 6.45) is 3.22. The van der Waals surface area contributed by atoms with Gasteiger partial charge in [0.2, 0.25) is 9.84 Å². The van der Waals surface area contributed by atoms with Gasteiger partial charge in [-0.2, -0.15) is 0 Å². The molecule has 2 N–H and O–H groups in total. The maximum atomic E-state index is 13.1. The number of hydrogen-bond donors (Lipinski definition) is 1. The molecular formula is C17H17N3O6S3. The van der Waals surface area contributed by atoms with E-state index in [1.54, 1.807) is 17.8 Å². The van der Waals surface area contributed by atoms with Gasteiger partial charge in [-0.25, -0.2) is 26.6 Å². The summed E-state index contributed by atoms with van der Waals surface area (Å²) in [7, 11) is -5.94. The average Bonchev–Trinajstić information content (AvgIpc) is 3.28. The maximum absolute atomic E-state index is 13.1. The van der Waals surface area contributed by atoms with Crippen molar-refractivity contribution in [1.29, 1.82) is 0 Å². The number of aromatic nitrogens is 2. The van der Waals surface area contributed by atoms with Crippen molar-refractivity contribution in [2.75, 3.05) is 6.26 Å². The highest BCUT2D eigenvalue weighted by molar-refractivity contribution is 7.93. The van der Waals surface area contributed by atoms with Gasteiger partial charge in [-0.1, -0.05) is 0 Å². The molecule has 0 aliphatic carbocycles. The maximum Gasteiger partial charge on any atom is 0.404 e. The molecule has 2 heterocycles. The van der Waals surface area contributed by atoms with Crippen LogP contribution in [0.5, 0.6) is 0 Å². The number of rotatable bonds is 6. The number of hydrogen-bond acceptors (Lipinski definition) is 8. The SMILES string of the molecule is Cn1cnc(-c2cc(S(C)(=O)=O)cc(S(=O)(=O)c3ccc(COC(N)=O)s3)c2)c1. The van der Waals surface area contributed by atoms with Gasteiger partial charge in [-0.15, -0.1) is 11.3 Å². The molecule has 0 unspecified atom stereocenters. The van der Waals surface area contributed by atoms with E-state index in [4.69, 9.17) is 5.73 Å². The highest BCUT2D eigenvalue weighted by Crippen LogP contribution is 2.32. The van der Waals surface area contributed by atoms with E-state index in [0.717, 1.165) is 23.7 Å². The van der Waals surface area contributed by atoms with Crippen molar-refractivity contribution in [2.45, 2.75) is 20.6 Å². The molecule has 0 radical (unpaired) electrons. The van der Waals surface area contributed by atoms with Crippen LogP contribution in [0.1, 0.15) is 4.88 Å². The Hall–Kier alpha value is -2.70. The molecule has 0 aliphatic heterocycles. The number of sulfone groups is 2. The van der Waals surface area contributed by atoms with Gasteiger partial charge >= 0.3 is 6.09 Å². The Bertz CT molecular complexity index is 1290. The summed E-state index contributed by atoms with van der Waals surface area (Å²) in [6.45, 7) is -0.155. The van der Waals surface area contributed by atoms with Gasteiger partial charge < -0.3 is 15.0 Å². The van der Waals surface area contributed by atoms with Gasteiger partial charge in [-0.05, 0) is 30.3 Å². The second-order valence-corrected chi connectivity index (χ2v) is 11.6. The smallest absolute Gasteiger partial charge is 0.404 e. The molecule has 1 amide bonds. The minimum absolute atomic E-state index is 0.0156. The predicted molar refractivity (Wildman–Crippen MR) is 106 cm³/mol. The summed E-state index contributed by atoms with van der Waals surface area (Å²) in [5, 5.41) is 0. The molecule has 9 nitrogen and oxygen atoms in total. The van der Waals surface area contributed by atoms with Crippen LogP contribution in [0.15, 0.2) is 56.9 Å². The Morgan fingerprint density at radius 1 is 1.17 bits per heavy atom. The van der Waals surface area contributed by atoms with E-state index in [9.17, 15) is 21.6 Å². The van der Waals surface area contributed by atoms with Gasteiger partial charge in [0.05, 0.1) is 21.8 Å². The second kappa shape index (κ2) is 7.61. The van der Waals surface area contributed by atoms with Crippen molar-refractivity contribution in [1.82, 2.24) is 9.55 Å². The minimum Gasteiger partial charge on any atom is -0.444 e. The van der Waals surface area contributed by atoms with E-state index in [1.807, 2.05) is 0 Å². The van der Waals surface area contributed by atoms with Gasteiger partial charge in [0.15, 0.2) is 9.84 Å². The quantitative estimate of drug-likeness (QED) is 0.599. The van der Waals surface area contributed by atoms with Crippen LogP contribution in [-0.2, 0) is 38.1 Å². The predicted octanol–water partition coefficient (Wildman–Crippen LogP) is 1.98. The van der Waals surface area contributed by atoms with Crippen LogP contribution in [0.4, 0.5) is 4.79 Å². The van der Waals surface area contributed by atoms with E-state index in [2.05, 4.69) is 9.72 Å². The van der Waals surface area contributed by atoms with E-state index in [0.29, 0.717) is 16.1 Å². The third kappa shape index (κ3) is 4.66. The number of imidazole rings is 1. The van der Waals surface area contributed by atoms with Gasteiger partial charge in [-0.3, -0.25) is 0 Å². The molecule has 0 saturated carbocycles. The zero-order chi connectivity index (χ0) is 21.4. The highest BCUT2D eigenvalue weighted by Gasteiger charge is 2.24. The van der Waals surface area contributed by atoms with Crippen LogP contribution in [-0.4, -0.2) is 38.7 Å². The second-order valence-electron chi connectivity index (χ2n) is 6.22. The van der Waals surface area contributed by atoms with Crippen molar-refractivity contribution >= 4 is 37.1 Å². The zero-order valence-corrected chi connectivity index (χ0v) is 17.8. The zero-order valence-electron chi connectivity index (χ0n) is 15.4. The number of primary amides is 1. The first-order valence-corrected chi connectivity index (χ1v) is 12.3. The Morgan fingerprint density at radius 2 is 1.86 bits per heavy atom. The molecule has 2 aromatic heterocycles. The molecule has 12 heteroatoms. The number of amides is 1. The molecule has 0 fully saturated rings. The van der Waals surface area contributed by atoms with E-state index >= 15 is 0 Å². The fraction of sp³-hybridized carbons (Fsp3) is 0.176. The topological polar surface area (TPSA) is 138 Å². The first-order valence-electron chi connectivity index (χ1n) is 8.06. The van der Waals surface area contributed by atoms with Crippen molar-refractivity contribution < 1.29 is 26.4 Å². The summed E-state index contributed by atoms with van der Waals surface area (Å²) in [5.74, 6) is 0. The number of benzene rings is 1. The Kier molecular flexibility index (Phi) is 5.52. The third-order valence-corrected chi connectivity index (χ3v) is 8.25. The van der Waals surface area contributed by atoms with Gasteiger partial charge in [0, 0.05) is 29.9 Å². The third-order valence-electron chi connectivity index (χ3n) is 3.88. The normalized spacial score (nSPS) is 12.1. The van der Waals surface area contributed by atoms with Crippen LogP contribution < -0.4 is 5.73 Å². The summed E-state index contributed by atoms with van der Waals surface area (Å²) in [4.78, 5) is 15.1. The van der Waals surface area contributed by atoms with E-state index in [-0.39, 0.29) is 20.6 Å². The monoisotopic (exact) mass is 455 g/mol. The van der Waals surface area contributed by atoms with Gasteiger partial charge in [0.1, 0.15) is 10.8 Å². The molecule has 1 aromatic carbocycles. The molecule has 0 saturated heterocycles. The molecule has 3 rings (SSSR count). The van der Waals surface area contributed by atoms with Crippen LogP contribution >= 0.6 is 11.3 Å². The highest BCUT2D eigenvalue weighted by atomic mass is 32.2. The lowest BCUT2D eigenvalue weighted by molar-refractivity contribution is 0.151. The number of nitrogens with zero attached hydrogens (tertiary/aromatic N) is 2. The fourth-order valence-electron chi connectivity index (χ4n) is 2.49. The standard InChI is InChI=1S/C17H17N3O6S3/c1-20-8-15(19-10-20)11-5-13(28(2,22)23)7-14(6-11)29(24,25)16-4-3-12(27-16)9-26-17(18)21/h3-8,10H,9H2,1-2H3,(H2,18,21). The van der Waals surface area contributed by atoms with Crippen molar-refractivity contribution in [3.8, 4) is 11.3 Å². The van der Waals surface area contributed by atoms with Crippen LogP contribution in [0, 0.1) is 0 Å². The first-order chi connectivity index (χ1) is 13.5. The Morgan fingerprint density at radius 3 is 2.45 bits per heavy atom. The molecule has 3 aromatic rings. The lowest BCUT2D eigenvalue weighted by Crippen LogP contribution is -2.12. The summed E-state index contributed by atoms with van der Waals surface area (Å²) < 4.78 is 56.8. The molecule has 0 bridgehead atoms. The summed E-state index contributed by atoms with van der Waals surface area (Å²) >= 11 is 0.906. The van der Waals surface area contributed by atoms with Gasteiger partial charge in [0.25, 0.3) is 0 Å². The number of aryl methyl sites for hydroxylation is 1. The van der Waals surface area contributed by atoms with Crippen LogP contribution in [0.2, 0.25) is 0 Å². The molecule has 29 heavy (non-hydrogen) atoms. The number of carbonyl (C=O) groups excluding carboxylic acids is 1. The molecule has 0 aliphatic rings. The molecular weight excluding hydrogens is 438 g/mol. The van der Waals surface area contributed by atoms with Crippen molar-refractivity contribution in [3.63, 3.8) is 0 Å². The largest absolute Gasteiger partial charge is 0.444 e. The Balaban J connectivity index is 2.10. The number of carbonyl (C=O) groups is 1. The Labute approximate surface area is 171 Å². The van der Waals surface area contributed by atoms with Crippen molar-refractivity contribution in [3.05, 3.63) is 47.7 Å². The summed E-state index contributed by atoms with van der Waals surface area (Å²) in [6, 6.07) is 6.76. The average molecular weight is 456 g/mol. The number of nitrogens with two attached hydrogens (primary N) is 1. The molecule has 0 spiro atoms. The van der Waals surface area contributed by atoms with E-state index in [1.165, 1.54) is 30.6 Å². The lowest BCUT2D eigenvalue weighted by atomic mass is 10.2. The molecule has 0 atom stereocenters. The minimum atomic E-state index is -4.02. The van der Waals surface area contributed by atoms with Crippen LogP contribution in [0.3, 0.4) is 0 Å². The van der Waals surface area contributed by atoms with Crippen LogP contribution in [0.25, 0.3) is 11.3 Å². The lowest BCUT2D eigenvalue weighted by Gasteiger charge is -2.08. The molecule has 154 valence electrons. The first kappa shape index (κ1) is 21.0. The van der Waals surface area contributed by atoms with E-state index < -0.39 is 25.8 Å². The number of ether oxygens (including phenoxy) is 1. The summed E-state index contributed by atoms with van der Waals surface area (Å²) in [5.41, 5.74) is 5.72. The number of thiophene rings is 1. The fourth-order valence-corrected chi connectivity index (χ4v) is 5.99. The van der Waals surface area contributed by atoms with Crippen molar-refractivity contribution in [2.24, 2.45) is 12.8 Å².